The number of thioether (sulfide) groups is 1. The van der Waals surface area contributed by atoms with E-state index in [-0.39, 0.29) is 24.1 Å². The van der Waals surface area contributed by atoms with Crippen molar-refractivity contribution in [3.05, 3.63) is 35.8 Å². The quantitative estimate of drug-likeness (QED) is 0.433. The zero-order valence-electron chi connectivity index (χ0n) is 17.1. The maximum Gasteiger partial charge on any atom is 0.249 e. The predicted octanol–water partition coefficient (Wildman–Crippen LogP) is 2.65. The van der Waals surface area contributed by atoms with Crippen LogP contribution in [0.1, 0.15) is 31.7 Å². The number of aliphatic hydroxyl groups is 3. The number of hydrogen-bond donors (Lipinski definition) is 3. The summed E-state index contributed by atoms with van der Waals surface area (Å²) < 4.78 is 74.7. The molecule has 182 valence electrons. The molecular weight excluding hydrogens is 473 g/mol. The molecule has 3 N–H and O–H groups in total. The van der Waals surface area contributed by atoms with E-state index in [0.29, 0.717) is 12.8 Å². The largest absolute Gasteiger partial charge is 0.394 e. The van der Waals surface area contributed by atoms with Crippen LogP contribution in [0.4, 0.5) is 22.0 Å². The monoisotopic (exact) mass is 495 g/mol. The van der Waals surface area contributed by atoms with Crippen LogP contribution in [0, 0.1) is 17.5 Å². The van der Waals surface area contributed by atoms with Crippen molar-refractivity contribution in [3.8, 4) is 11.3 Å². The molecule has 6 atom stereocenters. The molecule has 2 aromatic rings. The molecule has 2 fully saturated rings. The molecule has 1 aromatic heterocycles. The van der Waals surface area contributed by atoms with Gasteiger partial charge in [-0.3, -0.25) is 0 Å². The first-order valence-electron chi connectivity index (χ1n) is 10.3. The Morgan fingerprint density at radius 2 is 1.85 bits per heavy atom. The van der Waals surface area contributed by atoms with Crippen LogP contribution in [-0.2, 0) is 4.74 Å². The first-order valence-corrected chi connectivity index (χ1v) is 11.3. The summed E-state index contributed by atoms with van der Waals surface area (Å²) in [5.41, 5.74) is -1.24. The summed E-state index contributed by atoms with van der Waals surface area (Å²) in [5, 5.41) is 38.3. The van der Waals surface area contributed by atoms with Crippen molar-refractivity contribution >= 4 is 11.8 Å². The minimum atomic E-state index is -2.81. The van der Waals surface area contributed by atoms with E-state index in [0.717, 1.165) is 28.6 Å². The predicted molar refractivity (Wildman–Crippen MR) is 107 cm³/mol. The molecule has 4 rings (SSSR count). The van der Waals surface area contributed by atoms with Crippen LogP contribution in [0.25, 0.3) is 11.3 Å². The molecule has 4 unspecified atom stereocenters. The summed E-state index contributed by atoms with van der Waals surface area (Å²) >= 11 is 1.00. The molecule has 0 spiro atoms. The van der Waals surface area contributed by atoms with Gasteiger partial charge in [0, 0.05) is 23.7 Å². The van der Waals surface area contributed by atoms with Gasteiger partial charge in [0.25, 0.3) is 0 Å². The van der Waals surface area contributed by atoms with Crippen LogP contribution in [0.2, 0.25) is 0 Å². The molecule has 1 aliphatic heterocycles. The number of nitrogens with zero attached hydrogens (tertiary/aromatic N) is 3. The highest BCUT2D eigenvalue weighted by molar-refractivity contribution is 8.00. The van der Waals surface area contributed by atoms with E-state index in [1.807, 2.05) is 0 Å². The van der Waals surface area contributed by atoms with Crippen molar-refractivity contribution in [2.45, 2.75) is 66.6 Å². The maximum atomic E-state index is 13.8. The summed E-state index contributed by atoms with van der Waals surface area (Å²) in [6.07, 6.45) is -2.60. The number of rotatable bonds is 5. The van der Waals surface area contributed by atoms with E-state index < -0.39 is 65.0 Å². The lowest BCUT2D eigenvalue weighted by Gasteiger charge is -2.43. The van der Waals surface area contributed by atoms with Gasteiger partial charge in [-0.2, -0.15) is 0 Å². The zero-order valence-corrected chi connectivity index (χ0v) is 17.9. The molecule has 0 radical (unpaired) electrons. The third-order valence-corrected chi connectivity index (χ3v) is 7.31. The maximum absolute atomic E-state index is 13.8. The molecule has 1 aromatic carbocycles. The van der Waals surface area contributed by atoms with Gasteiger partial charge in [0.15, 0.2) is 17.5 Å². The Kier molecular flexibility index (Phi) is 6.97. The summed E-state index contributed by atoms with van der Waals surface area (Å²) in [6.45, 7) is -0.613. The third-order valence-electron chi connectivity index (χ3n) is 5.87. The van der Waals surface area contributed by atoms with Gasteiger partial charge in [-0.15, -0.1) is 16.9 Å². The number of aromatic nitrogens is 3. The average Bonchev–Trinajstić information content (AvgIpc) is 3.23. The Balaban J connectivity index is 1.58. The number of ether oxygens (including phenoxy) is 1. The van der Waals surface area contributed by atoms with Crippen LogP contribution < -0.4 is 0 Å². The van der Waals surface area contributed by atoms with Gasteiger partial charge in [0.05, 0.1) is 12.8 Å². The Hall–Kier alpha value is -1.80. The van der Waals surface area contributed by atoms with Crippen molar-refractivity contribution in [2.24, 2.45) is 0 Å². The minimum Gasteiger partial charge on any atom is -0.394 e. The van der Waals surface area contributed by atoms with Crippen molar-refractivity contribution in [1.29, 1.82) is 0 Å². The van der Waals surface area contributed by atoms with E-state index in [1.54, 1.807) is 0 Å². The van der Waals surface area contributed by atoms with Gasteiger partial charge in [-0.05, 0) is 25.0 Å². The molecule has 1 saturated carbocycles. The smallest absolute Gasteiger partial charge is 0.249 e. The molecular formula is C20H22F5N3O4S. The van der Waals surface area contributed by atoms with E-state index in [1.165, 1.54) is 6.20 Å². The van der Waals surface area contributed by atoms with Crippen molar-refractivity contribution in [2.75, 3.05) is 6.61 Å². The number of alkyl halides is 2. The first-order chi connectivity index (χ1) is 15.6. The van der Waals surface area contributed by atoms with Crippen LogP contribution in [-0.4, -0.2) is 71.8 Å². The van der Waals surface area contributed by atoms with Crippen LogP contribution >= 0.6 is 11.8 Å². The summed E-state index contributed by atoms with van der Waals surface area (Å²) in [4.78, 5) is 0. The van der Waals surface area contributed by atoms with Crippen LogP contribution in [0.15, 0.2) is 18.3 Å². The lowest BCUT2D eigenvalue weighted by Crippen LogP contribution is -2.55. The summed E-state index contributed by atoms with van der Waals surface area (Å²) in [5.74, 6) is -7.30. The van der Waals surface area contributed by atoms with E-state index in [2.05, 4.69) is 10.3 Å². The molecule has 7 nitrogen and oxygen atoms in total. The summed E-state index contributed by atoms with van der Waals surface area (Å²) in [6, 6.07) is 0.248. The molecule has 2 heterocycles. The Morgan fingerprint density at radius 3 is 2.48 bits per heavy atom. The molecule has 13 heteroatoms. The van der Waals surface area contributed by atoms with Gasteiger partial charge >= 0.3 is 0 Å². The van der Waals surface area contributed by atoms with Gasteiger partial charge in [0.2, 0.25) is 5.92 Å². The summed E-state index contributed by atoms with van der Waals surface area (Å²) in [7, 11) is 0. The molecule has 1 aliphatic carbocycles. The Morgan fingerprint density at radius 1 is 1.15 bits per heavy atom. The minimum absolute atomic E-state index is 0.0598. The second-order valence-electron chi connectivity index (χ2n) is 8.25. The molecule has 33 heavy (non-hydrogen) atoms. The lowest BCUT2D eigenvalue weighted by atomic mass is 9.96. The topological polar surface area (TPSA) is 101 Å². The second kappa shape index (κ2) is 9.45. The van der Waals surface area contributed by atoms with Gasteiger partial charge in [-0.25, -0.2) is 26.6 Å². The molecule has 0 bridgehead atoms. The molecule has 1 saturated heterocycles. The Bertz CT molecular complexity index is 973. The van der Waals surface area contributed by atoms with Gasteiger partial charge in [0.1, 0.15) is 35.5 Å². The van der Waals surface area contributed by atoms with Crippen molar-refractivity contribution < 1.29 is 42.0 Å². The Labute approximate surface area is 189 Å². The lowest BCUT2D eigenvalue weighted by molar-refractivity contribution is -0.178. The number of aliphatic hydroxyl groups excluding tert-OH is 3. The van der Waals surface area contributed by atoms with Gasteiger partial charge < -0.3 is 20.1 Å². The average molecular weight is 495 g/mol. The fraction of sp³-hybridized carbons (Fsp3) is 0.600. The van der Waals surface area contributed by atoms with E-state index in [4.69, 9.17) is 4.74 Å². The number of halogens is 5. The number of hydrogen-bond acceptors (Lipinski definition) is 7. The number of benzene rings is 1. The van der Waals surface area contributed by atoms with E-state index >= 15 is 0 Å². The van der Waals surface area contributed by atoms with Crippen LogP contribution in [0.3, 0.4) is 0 Å². The standard InChI is InChI=1S/C20H22F5N3O4S/c21-11-4-9(5-12(22)15(11)23)13-7-28(27-26-13)16-17(30)14(8-29)32-19(18(16)31)33-10-2-1-3-20(24,25)6-10/h4-5,7,10,14,16-19,29-31H,1-3,6,8H2/t10?,14?,16?,17-,18?,19+/m0/s1. The SMILES string of the molecule is OCC1O[C@H](SC2CCCC(F)(F)C2)C(O)C(n2cc(-c3cc(F)c(F)c(F)c3)nn2)[C@H]1O. The van der Waals surface area contributed by atoms with Crippen LogP contribution in [0.5, 0.6) is 0 Å². The van der Waals surface area contributed by atoms with E-state index in [9.17, 15) is 37.3 Å². The van der Waals surface area contributed by atoms with Crippen molar-refractivity contribution in [1.82, 2.24) is 15.0 Å². The fourth-order valence-electron chi connectivity index (χ4n) is 4.18. The molecule has 0 amide bonds. The molecule has 2 aliphatic rings. The third kappa shape index (κ3) is 5.02. The highest BCUT2D eigenvalue weighted by atomic mass is 32.2. The zero-order chi connectivity index (χ0) is 23.9. The normalized spacial score (nSPS) is 32.1. The second-order valence-corrected chi connectivity index (χ2v) is 9.65. The van der Waals surface area contributed by atoms with Crippen molar-refractivity contribution in [3.63, 3.8) is 0 Å². The highest BCUT2D eigenvalue weighted by Crippen LogP contribution is 2.43. The highest BCUT2D eigenvalue weighted by Gasteiger charge is 2.48. The fourth-order valence-corrected chi connectivity index (χ4v) is 5.73. The van der Waals surface area contributed by atoms with Gasteiger partial charge in [-0.1, -0.05) is 5.21 Å². The first kappa shape index (κ1) is 24.3.